The summed E-state index contributed by atoms with van der Waals surface area (Å²) in [5, 5.41) is 0.931. The van der Waals surface area contributed by atoms with Crippen LogP contribution in [-0.2, 0) is 0 Å². The van der Waals surface area contributed by atoms with Crippen LogP contribution in [0, 0.1) is 5.82 Å². The Bertz CT molecular complexity index is 589. The number of nitrogens with two attached hydrogens (primary N) is 1. The molecule has 0 fully saturated rings. The second kappa shape index (κ2) is 7.07. The zero-order valence-corrected chi connectivity index (χ0v) is 12.7. The van der Waals surface area contributed by atoms with Gasteiger partial charge in [0.15, 0.2) is 5.75 Å². The molecule has 0 aliphatic rings. The minimum Gasteiger partial charge on any atom is -0.490 e. The summed E-state index contributed by atoms with van der Waals surface area (Å²) in [6.45, 7) is 0.393. The summed E-state index contributed by atoms with van der Waals surface area (Å²) in [5.41, 5.74) is 6.31. The lowest BCUT2D eigenvalue weighted by molar-refractivity contribution is 0.344. The van der Waals surface area contributed by atoms with Crippen molar-refractivity contribution in [3.8, 4) is 5.75 Å². The van der Waals surface area contributed by atoms with Gasteiger partial charge < -0.3 is 10.5 Å². The summed E-state index contributed by atoms with van der Waals surface area (Å²) >= 11 is 13.4. The van der Waals surface area contributed by atoms with Gasteiger partial charge in [0.05, 0.1) is 16.7 Å². The van der Waals surface area contributed by atoms with Gasteiger partial charge in [-0.3, -0.25) is 0 Å². The monoisotopic (exact) mass is 331 g/mol. The fourth-order valence-corrected chi connectivity index (χ4v) is 2.87. The molecule has 0 spiro atoms. The van der Waals surface area contributed by atoms with Gasteiger partial charge in [-0.2, -0.15) is 0 Å². The van der Waals surface area contributed by atoms with Crippen LogP contribution in [0.3, 0.4) is 0 Å². The molecule has 0 heterocycles. The van der Waals surface area contributed by atoms with E-state index < -0.39 is 0 Å². The molecule has 0 radical (unpaired) electrons. The van der Waals surface area contributed by atoms with E-state index in [2.05, 4.69) is 0 Å². The molecule has 0 saturated carbocycles. The number of ether oxygens (including phenoxy) is 1. The second-order valence-corrected chi connectivity index (χ2v) is 5.88. The Kier molecular flexibility index (Phi) is 5.40. The van der Waals surface area contributed by atoms with Crippen molar-refractivity contribution in [3.05, 3.63) is 52.3 Å². The first-order valence-electron chi connectivity index (χ1n) is 5.82. The van der Waals surface area contributed by atoms with E-state index in [4.69, 9.17) is 33.7 Å². The number of anilines is 1. The van der Waals surface area contributed by atoms with Crippen LogP contribution in [0.1, 0.15) is 0 Å². The van der Waals surface area contributed by atoms with Crippen LogP contribution >= 0.6 is 35.0 Å². The van der Waals surface area contributed by atoms with Crippen LogP contribution in [0.25, 0.3) is 0 Å². The summed E-state index contributed by atoms with van der Waals surface area (Å²) in [7, 11) is 0. The van der Waals surface area contributed by atoms with E-state index in [9.17, 15) is 4.39 Å². The molecule has 0 amide bonds. The van der Waals surface area contributed by atoms with Crippen LogP contribution in [0.15, 0.2) is 41.3 Å². The van der Waals surface area contributed by atoms with E-state index in [0.29, 0.717) is 38.7 Å². The van der Waals surface area contributed by atoms with E-state index in [1.807, 2.05) is 0 Å². The maximum atomic E-state index is 13.1. The van der Waals surface area contributed by atoms with Gasteiger partial charge >= 0.3 is 0 Å². The van der Waals surface area contributed by atoms with Gasteiger partial charge in [-0.15, -0.1) is 11.8 Å². The summed E-state index contributed by atoms with van der Waals surface area (Å²) < 4.78 is 18.6. The van der Waals surface area contributed by atoms with E-state index in [0.717, 1.165) is 0 Å². The number of hydrogen-bond acceptors (Lipinski definition) is 3. The van der Waals surface area contributed by atoms with Crippen molar-refractivity contribution in [1.29, 1.82) is 0 Å². The Labute approximate surface area is 131 Å². The highest BCUT2D eigenvalue weighted by atomic mass is 35.5. The highest BCUT2D eigenvalue weighted by Gasteiger charge is 2.07. The Balaban J connectivity index is 1.89. The molecule has 2 rings (SSSR count). The molecule has 0 aliphatic carbocycles. The van der Waals surface area contributed by atoms with Gasteiger partial charge in [-0.05, 0) is 30.3 Å². The van der Waals surface area contributed by atoms with E-state index >= 15 is 0 Å². The van der Waals surface area contributed by atoms with Gasteiger partial charge in [0.2, 0.25) is 0 Å². The van der Waals surface area contributed by atoms with Crippen molar-refractivity contribution in [3.63, 3.8) is 0 Å². The SMILES string of the molecule is Nc1ccc(F)cc1SCCOc1c(Cl)cccc1Cl. The largest absolute Gasteiger partial charge is 0.490 e. The van der Waals surface area contributed by atoms with Crippen molar-refractivity contribution in [2.45, 2.75) is 4.90 Å². The van der Waals surface area contributed by atoms with Crippen LogP contribution in [0.5, 0.6) is 5.75 Å². The Morgan fingerprint density at radius 2 is 1.85 bits per heavy atom. The minimum absolute atomic E-state index is 0.309. The number of thioether (sulfide) groups is 1. The van der Waals surface area contributed by atoms with Gasteiger partial charge in [0, 0.05) is 16.3 Å². The number of nitrogen functional groups attached to an aromatic ring is 1. The van der Waals surface area contributed by atoms with Crippen LogP contribution in [0.4, 0.5) is 10.1 Å². The Morgan fingerprint density at radius 3 is 2.55 bits per heavy atom. The quantitative estimate of drug-likeness (QED) is 0.481. The molecule has 2 aromatic carbocycles. The molecule has 0 unspecified atom stereocenters. The van der Waals surface area contributed by atoms with Gasteiger partial charge in [0.25, 0.3) is 0 Å². The third kappa shape index (κ3) is 3.95. The first kappa shape index (κ1) is 15.3. The lowest BCUT2D eigenvalue weighted by atomic mass is 10.3. The first-order valence-corrected chi connectivity index (χ1v) is 7.56. The van der Waals surface area contributed by atoms with Crippen LogP contribution in [0.2, 0.25) is 10.0 Å². The zero-order valence-electron chi connectivity index (χ0n) is 10.4. The number of para-hydroxylation sites is 1. The number of rotatable bonds is 5. The first-order chi connectivity index (χ1) is 9.58. The average molecular weight is 332 g/mol. The van der Waals surface area contributed by atoms with Crippen molar-refractivity contribution in [2.75, 3.05) is 18.1 Å². The zero-order chi connectivity index (χ0) is 14.5. The number of hydrogen-bond donors (Lipinski definition) is 1. The summed E-state index contributed by atoms with van der Waals surface area (Å²) in [5.74, 6) is 0.760. The van der Waals surface area contributed by atoms with E-state index in [-0.39, 0.29) is 5.82 Å². The normalized spacial score (nSPS) is 10.6. The molecule has 0 aromatic heterocycles. The van der Waals surface area contributed by atoms with Crippen molar-refractivity contribution >= 4 is 40.7 Å². The molecule has 2 nitrogen and oxygen atoms in total. The van der Waals surface area contributed by atoms with Crippen LogP contribution < -0.4 is 10.5 Å². The predicted molar refractivity (Wildman–Crippen MR) is 83.5 cm³/mol. The van der Waals surface area contributed by atoms with Crippen molar-refractivity contribution in [2.24, 2.45) is 0 Å². The Hall–Kier alpha value is -1.10. The lowest BCUT2D eigenvalue weighted by Gasteiger charge is -2.10. The third-order valence-electron chi connectivity index (χ3n) is 2.48. The third-order valence-corrected chi connectivity index (χ3v) is 4.11. The maximum Gasteiger partial charge on any atom is 0.156 e. The fourth-order valence-electron chi connectivity index (χ4n) is 1.55. The molecular formula is C14H12Cl2FNOS. The standard InChI is InChI=1S/C14H12Cl2FNOS/c15-10-2-1-3-11(16)14(10)19-6-7-20-13-8-9(17)4-5-12(13)18/h1-5,8H,6-7,18H2. The maximum absolute atomic E-state index is 13.1. The summed E-state index contributed by atoms with van der Waals surface area (Å²) in [6, 6.07) is 9.45. The molecular weight excluding hydrogens is 320 g/mol. The Morgan fingerprint density at radius 1 is 1.15 bits per heavy atom. The molecule has 0 saturated heterocycles. The predicted octanol–water partition coefficient (Wildman–Crippen LogP) is 4.89. The average Bonchev–Trinajstić information content (AvgIpc) is 2.41. The fraction of sp³-hybridized carbons (Fsp3) is 0.143. The molecule has 2 aromatic rings. The minimum atomic E-state index is -0.309. The van der Waals surface area contributed by atoms with Crippen LogP contribution in [-0.4, -0.2) is 12.4 Å². The topological polar surface area (TPSA) is 35.2 Å². The van der Waals surface area contributed by atoms with E-state index in [1.54, 1.807) is 24.3 Å². The van der Waals surface area contributed by atoms with Gasteiger partial charge in [0.1, 0.15) is 5.82 Å². The van der Waals surface area contributed by atoms with Gasteiger partial charge in [-0.1, -0.05) is 29.3 Å². The summed E-state index contributed by atoms with van der Waals surface area (Å²) in [4.78, 5) is 0.693. The smallest absolute Gasteiger partial charge is 0.156 e. The highest BCUT2D eigenvalue weighted by molar-refractivity contribution is 7.99. The molecule has 0 aliphatic heterocycles. The summed E-state index contributed by atoms with van der Waals surface area (Å²) in [6.07, 6.45) is 0. The second-order valence-electron chi connectivity index (χ2n) is 3.93. The molecule has 2 N–H and O–H groups in total. The molecule has 6 heteroatoms. The molecule has 106 valence electrons. The van der Waals surface area contributed by atoms with Crippen molar-refractivity contribution in [1.82, 2.24) is 0 Å². The molecule has 0 bridgehead atoms. The molecule has 0 atom stereocenters. The van der Waals surface area contributed by atoms with Gasteiger partial charge in [-0.25, -0.2) is 4.39 Å². The highest BCUT2D eigenvalue weighted by Crippen LogP contribution is 2.33. The number of benzene rings is 2. The number of halogens is 3. The lowest BCUT2D eigenvalue weighted by Crippen LogP contribution is -2.01. The molecule has 20 heavy (non-hydrogen) atoms. The van der Waals surface area contributed by atoms with E-state index in [1.165, 1.54) is 23.9 Å². The van der Waals surface area contributed by atoms with Crippen molar-refractivity contribution < 1.29 is 9.13 Å².